The summed E-state index contributed by atoms with van der Waals surface area (Å²) < 4.78 is 74.9. The number of nitrogens with one attached hydrogen (secondary N) is 1. The molecule has 0 saturated carbocycles. The molecule has 1 unspecified atom stereocenters. The Morgan fingerprint density at radius 3 is 2.34 bits per heavy atom. The maximum atomic E-state index is 13.0. The zero-order chi connectivity index (χ0) is 21.0. The van der Waals surface area contributed by atoms with Gasteiger partial charge >= 0.3 is 6.36 Å². The Hall–Kier alpha value is -2.17. The van der Waals surface area contributed by atoms with Crippen LogP contribution < -0.4 is 14.2 Å². The van der Waals surface area contributed by atoms with E-state index in [9.17, 15) is 22.1 Å². The predicted octanol–water partition coefficient (Wildman–Crippen LogP) is 6.39. The number of ether oxygens (including phenoxy) is 2. The topological polar surface area (TPSA) is 53.5 Å². The average molecular weight is 492 g/mol. The second-order valence-corrected chi connectivity index (χ2v) is 7.95. The second-order valence-electron chi connectivity index (χ2n) is 5.88. The summed E-state index contributed by atoms with van der Waals surface area (Å²) in [4.78, 5) is 0.275. The van der Waals surface area contributed by atoms with Gasteiger partial charge in [-0.3, -0.25) is 0 Å². The van der Waals surface area contributed by atoms with Crippen LogP contribution in [0.5, 0.6) is 11.5 Å². The Morgan fingerprint density at radius 1 is 1.03 bits per heavy atom. The zero-order valence-electron chi connectivity index (χ0n) is 14.6. The Morgan fingerprint density at radius 2 is 1.76 bits per heavy atom. The summed E-state index contributed by atoms with van der Waals surface area (Å²) in [5, 5.41) is 0. The summed E-state index contributed by atoms with van der Waals surface area (Å²) in [6, 6.07) is 9.67. The smallest absolute Gasteiger partial charge is 0.573 e. The third-order valence-corrected chi connectivity index (χ3v) is 5.46. The van der Waals surface area contributed by atoms with Crippen molar-refractivity contribution in [1.29, 1.82) is 0 Å². The molecule has 1 aliphatic rings. The number of allylic oxidation sites excluding steroid dienone is 4. The molecule has 29 heavy (non-hydrogen) atoms. The summed E-state index contributed by atoms with van der Waals surface area (Å²) in [5.41, 5.74) is 0.502. The van der Waals surface area contributed by atoms with Gasteiger partial charge < -0.3 is 14.0 Å². The molecule has 0 bridgehead atoms. The van der Waals surface area contributed by atoms with Gasteiger partial charge in [-0.15, -0.1) is 13.2 Å². The van der Waals surface area contributed by atoms with Crippen LogP contribution in [0.2, 0.25) is 0 Å². The molecule has 2 aromatic carbocycles. The quantitative estimate of drug-likeness (QED) is 0.375. The van der Waals surface area contributed by atoms with Crippen molar-refractivity contribution in [3.63, 3.8) is 0 Å². The van der Waals surface area contributed by atoms with Gasteiger partial charge in [0.15, 0.2) is 4.90 Å². The number of anilines is 1. The number of rotatable bonds is 6. The van der Waals surface area contributed by atoms with Crippen molar-refractivity contribution in [2.24, 2.45) is 0 Å². The Balaban J connectivity index is 1.63. The lowest BCUT2D eigenvalue weighted by Crippen LogP contribution is -2.17. The lowest BCUT2D eigenvalue weighted by molar-refractivity contribution is -0.274. The summed E-state index contributed by atoms with van der Waals surface area (Å²) >= 11 is 1.67. The van der Waals surface area contributed by atoms with Crippen LogP contribution in [-0.4, -0.2) is 10.9 Å². The van der Waals surface area contributed by atoms with E-state index >= 15 is 0 Å². The SMILES string of the molecule is [O-][S+](Nc1ccc(OC2=CC=C(F)CC2)c(Br)c1)c1ccc(OC(F)(F)F)cc1. The van der Waals surface area contributed by atoms with Crippen molar-refractivity contribution in [3.05, 3.63) is 70.7 Å². The van der Waals surface area contributed by atoms with Crippen molar-refractivity contribution >= 4 is 33.0 Å². The van der Waals surface area contributed by atoms with E-state index < -0.39 is 23.5 Å². The highest BCUT2D eigenvalue weighted by Crippen LogP contribution is 2.32. The van der Waals surface area contributed by atoms with E-state index in [1.54, 1.807) is 24.3 Å². The van der Waals surface area contributed by atoms with Crippen LogP contribution in [0.4, 0.5) is 23.2 Å². The van der Waals surface area contributed by atoms with Gasteiger partial charge in [0.2, 0.25) is 0 Å². The number of hydrogen-bond acceptors (Lipinski definition) is 4. The van der Waals surface area contributed by atoms with Crippen LogP contribution >= 0.6 is 15.9 Å². The molecule has 0 spiro atoms. The van der Waals surface area contributed by atoms with Gasteiger partial charge in [0.25, 0.3) is 0 Å². The summed E-state index contributed by atoms with van der Waals surface area (Å²) in [7, 11) is 0. The van der Waals surface area contributed by atoms with Gasteiger partial charge in [-0.2, -0.15) is 0 Å². The Kier molecular flexibility index (Phi) is 6.76. The van der Waals surface area contributed by atoms with E-state index in [4.69, 9.17) is 4.74 Å². The molecule has 4 nitrogen and oxygen atoms in total. The molecule has 0 amide bonds. The first-order valence-electron chi connectivity index (χ1n) is 8.26. The van der Waals surface area contributed by atoms with Crippen LogP contribution in [0.3, 0.4) is 0 Å². The molecule has 0 aromatic heterocycles. The molecule has 0 heterocycles. The van der Waals surface area contributed by atoms with E-state index in [0.29, 0.717) is 28.1 Å². The monoisotopic (exact) mass is 491 g/mol. The molecule has 3 rings (SSSR count). The maximum Gasteiger partial charge on any atom is 0.573 e. The summed E-state index contributed by atoms with van der Waals surface area (Å²) in [6.45, 7) is 0. The standard InChI is InChI=1S/C19H14BrF4NO3S/c20-17-11-13(3-10-18(17)27-14-4-1-12(21)2-5-14)25-29(26)16-8-6-15(7-9-16)28-19(22,23)24/h1,3-4,6-11,25H,2,5H2. The van der Waals surface area contributed by atoms with Crippen LogP contribution in [0.1, 0.15) is 12.8 Å². The van der Waals surface area contributed by atoms with Crippen LogP contribution in [0, 0.1) is 0 Å². The molecule has 10 heteroatoms. The van der Waals surface area contributed by atoms with E-state index in [1.165, 1.54) is 18.2 Å². The summed E-state index contributed by atoms with van der Waals surface area (Å²) in [6.07, 6.45) is -1.12. The normalized spacial score (nSPS) is 15.2. The number of alkyl halides is 3. The highest BCUT2D eigenvalue weighted by molar-refractivity contribution is 9.10. The molecule has 0 saturated heterocycles. The average Bonchev–Trinajstić information content (AvgIpc) is 2.65. The minimum Gasteiger partial charge on any atom is -0.588 e. The minimum absolute atomic E-state index is 0.198. The van der Waals surface area contributed by atoms with Gasteiger partial charge in [-0.1, -0.05) is 0 Å². The summed E-state index contributed by atoms with van der Waals surface area (Å²) in [5.74, 6) is 0.542. The first kappa shape index (κ1) is 21.5. The van der Waals surface area contributed by atoms with Crippen LogP contribution in [-0.2, 0) is 11.4 Å². The molecule has 0 radical (unpaired) electrons. The number of benzene rings is 2. The fourth-order valence-corrected chi connectivity index (χ4v) is 3.70. The van der Waals surface area contributed by atoms with Crippen molar-refractivity contribution < 1.29 is 31.6 Å². The van der Waals surface area contributed by atoms with Gasteiger partial charge in [0.1, 0.15) is 34.4 Å². The van der Waals surface area contributed by atoms with Crippen molar-refractivity contribution in [3.8, 4) is 11.5 Å². The molecular weight excluding hydrogens is 478 g/mol. The van der Waals surface area contributed by atoms with Gasteiger partial charge in [-0.05, 0) is 70.5 Å². The van der Waals surface area contributed by atoms with Gasteiger partial charge in [-0.25, -0.2) is 9.11 Å². The highest BCUT2D eigenvalue weighted by Gasteiger charge is 2.31. The fraction of sp³-hybridized carbons (Fsp3) is 0.158. The third-order valence-electron chi connectivity index (χ3n) is 3.72. The highest BCUT2D eigenvalue weighted by atomic mass is 79.9. The van der Waals surface area contributed by atoms with Crippen molar-refractivity contribution in [1.82, 2.24) is 0 Å². The van der Waals surface area contributed by atoms with Gasteiger partial charge in [0, 0.05) is 12.8 Å². The Labute approximate surface area is 175 Å². The maximum absolute atomic E-state index is 13.0. The molecule has 2 aromatic rings. The number of halogens is 5. The first-order valence-corrected chi connectivity index (χ1v) is 10.2. The Bertz CT molecular complexity index is 932. The van der Waals surface area contributed by atoms with Crippen molar-refractivity contribution in [2.45, 2.75) is 24.1 Å². The molecule has 0 aliphatic heterocycles. The number of hydrogen-bond donors (Lipinski definition) is 1. The lowest BCUT2D eigenvalue weighted by atomic mass is 10.1. The largest absolute Gasteiger partial charge is 0.588 e. The van der Waals surface area contributed by atoms with E-state index in [-0.39, 0.29) is 17.1 Å². The molecule has 154 valence electrons. The van der Waals surface area contributed by atoms with Crippen LogP contribution in [0.25, 0.3) is 0 Å². The molecule has 1 atom stereocenters. The molecule has 0 fully saturated rings. The molecular formula is C19H14BrF4NO3S. The second kappa shape index (κ2) is 9.10. The third kappa shape index (κ3) is 6.41. The van der Waals surface area contributed by atoms with Gasteiger partial charge in [0.05, 0.1) is 10.2 Å². The fourth-order valence-electron chi connectivity index (χ4n) is 2.40. The minimum atomic E-state index is -4.78. The zero-order valence-corrected chi connectivity index (χ0v) is 17.0. The van der Waals surface area contributed by atoms with E-state index in [2.05, 4.69) is 25.4 Å². The van der Waals surface area contributed by atoms with Crippen LogP contribution in [0.15, 0.2) is 75.6 Å². The lowest BCUT2D eigenvalue weighted by Gasteiger charge is -2.15. The van der Waals surface area contributed by atoms with Crippen molar-refractivity contribution in [2.75, 3.05) is 4.72 Å². The molecule has 1 N–H and O–H groups in total. The first-order chi connectivity index (χ1) is 13.7. The van der Waals surface area contributed by atoms with E-state index in [1.807, 2.05) is 0 Å². The predicted molar refractivity (Wildman–Crippen MR) is 104 cm³/mol. The van der Waals surface area contributed by atoms with E-state index in [0.717, 1.165) is 12.1 Å². The molecule has 1 aliphatic carbocycles.